The van der Waals surface area contributed by atoms with Crippen LogP contribution in [0.5, 0.6) is 0 Å². The fourth-order valence-corrected chi connectivity index (χ4v) is 4.74. The van der Waals surface area contributed by atoms with Crippen molar-refractivity contribution in [2.24, 2.45) is 27.3 Å². The van der Waals surface area contributed by atoms with Crippen molar-refractivity contribution in [3.8, 4) is 0 Å². The highest BCUT2D eigenvalue weighted by Gasteiger charge is 2.36. The number of nitrogens with two attached hydrogens (primary N) is 3. The molecule has 0 amide bonds. The Kier molecular flexibility index (Phi) is 7.84. The van der Waals surface area contributed by atoms with Crippen molar-refractivity contribution in [2.45, 2.75) is 42.8 Å². The number of ketones is 1. The zero-order chi connectivity index (χ0) is 25.8. The van der Waals surface area contributed by atoms with Crippen molar-refractivity contribution >= 4 is 39.1 Å². The van der Waals surface area contributed by atoms with Gasteiger partial charge in [0.25, 0.3) is 0 Å². The Morgan fingerprint density at radius 3 is 2.51 bits per heavy atom. The number of hydrogen-bond donors (Lipinski definition) is 5. The van der Waals surface area contributed by atoms with Gasteiger partial charge in [0, 0.05) is 12.8 Å². The van der Waals surface area contributed by atoms with Gasteiger partial charge in [0.05, 0.1) is 22.3 Å². The summed E-state index contributed by atoms with van der Waals surface area (Å²) in [5.41, 5.74) is 19.1. The highest BCUT2D eigenvalue weighted by atomic mass is 32.2. The van der Waals surface area contributed by atoms with E-state index in [4.69, 9.17) is 22.0 Å². The minimum Gasteiger partial charge on any atom is -0.480 e. The molecule has 1 heterocycles. The molecule has 3 rings (SSSR count). The van der Waals surface area contributed by atoms with Gasteiger partial charge in [-0.25, -0.2) is 13.4 Å². The summed E-state index contributed by atoms with van der Waals surface area (Å²) in [6, 6.07) is 9.25. The normalized spacial score (nSPS) is 17.1. The van der Waals surface area contributed by atoms with Gasteiger partial charge in [-0.1, -0.05) is 29.4 Å². The Labute approximate surface area is 201 Å². The first kappa shape index (κ1) is 25.8. The van der Waals surface area contributed by atoms with Crippen LogP contribution in [-0.2, 0) is 24.4 Å². The van der Waals surface area contributed by atoms with Gasteiger partial charge in [-0.05, 0) is 42.3 Å². The molecule has 0 aliphatic carbocycles. The van der Waals surface area contributed by atoms with Gasteiger partial charge in [-0.2, -0.15) is 4.72 Å². The van der Waals surface area contributed by atoms with Crippen molar-refractivity contribution < 1.29 is 28.0 Å². The van der Waals surface area contributed by atoms with Crippen molar-refractivity contribution in [2.75, 3.05) is 0 Å². The fourth-order valence-electron chi connectivity index (χ4n) is 3.43. The minimum atomic E-state index is -4.23. The van der Waals surface area contributed by atoms with Crippen LogP contribution in [0.15, 0.2) is 63.6 Å². The molecule has 0 saturated heterocycles. The van der Waals surface area contributed by atoms with E-state index in [1.54, 1.807) is 37.3 Å². The van der Waals surface area contributed by atoms with Gasteiger partial charge in [0.2, 0.25) is 10.0 Å². The number of oxime groups is 1. The van der Waals surface area contributed by atoms with Crippen LogP contribution in [0, 0.1) is 6.92 Å². The lowest BCUT2D eigenvalue weighted by Crippen LogP contribution is -2.56. The Bertz CT molecular complexity index is 1270. The van der Waals surface area contributed by atoms with E-state index in [-0.39, 0.29) is 23.7 Å². The van der Waals surface area contributed by atoms with E-state index in [2.05, 4.69) is 10.1 Å². The number of hydrogen-bond acceptors (Lipinski definition) is 8. The number of guanidine groups is 1. The summed E-state index contributed by atoms with van der Waals surface area (Å²) in [7, 11) is -4.23. The number of aryl methyl sites for hydroxylation is 1. The second-order valence-corrected chi connectivity index (χ2v) is 9.72. The molecule has 12 nitrogen and oxygen atoms in total. The number of rotatable bonds is 10. The quantitative estimate of drug-likeness (QED) is 0.220. The van der Waals surface area contributed by atoms with E-state index >= 15 is 0 Å². The lowest BCUT2D eigenvalue weighted by atomic mass is 9.97. The monoisotopic (exact) mass is 502 g/mol. The van der Waals surface area contributed by atoms with Gasteiger partial charge in [-0.3, -0.25) is 9.59 Å². The number of nitrogens with one attached hydrogen (secondary N) is 1. The molecule has 1 unspecified atom stereocenters. The van der Waals surface area contributed by atoms with Gasteiger partial charge in [-0.15, -0.1) is 0 Å². The zero-order valence-corrected chi connectivity index (χ0v) is 19.6. The van der Waals surface area contributed by atoms with E-state index in [9.17, 15) is 23.1 Å². The predicted molar refractivity (Wildman–Crippen MR) is 128 cm³/mol. The molecule has 0 aromatic heterocycles. The smallest absolute Gasteiger partial charge is 0.323 e. The molecule has 0 bridgehead atoms. The predicted octanol–water partition coefficient (Wildman–Crippen LogP) is 0.111. The molecule has 2 aromatic carbocycles. The number of sulfonamides is 1. The third kappa shape index (κ3) is 6.62. The summed E-state index contributed by atoms with van der Waals surface area (Å²) in [6.45, 7) is 1.69. The summed E-state index contributed by atoms with van der Waals surface area (Å²) < 4.78 is 27.3. The fraction of sp³-hybridized carbons (Fsp3) is 0.273. The number of Topliss-reactive ketones (excluding diaryl/α,β-unsaturated/α-hetero) is 1. The van der Waals surface area contributed by atoms with Gasteiger partial charge >= 0.3 is 5.97 Å². The van der Waals surface area contributed by atoms with Crippen LogP contribution in [0.25, 0.3) is 0 Å². The van der Waals surface area contributed by atoms with Crippen molar-refractivity contribution in [3.05, 3.63) is 59.7 Å². The Morgan fingerprint density at radius 2 is 1.91 bits per heavy atom. The first-order chi connectivity index (χ1) is 16.5. The Morgan fingerprint density at radius 1 is 1.23 bits per heavy atom. The maximum Gasteiger partial charge on any atom is 0.323 e. The Balaban J connectivity index is 1.63. The summed E-state index contributed by atoms with van der Waals surface area (Å²) >= 11 is 0. The first-order valence-corrected chi connectivity index (χ1v) is 12.0. The average Bonchev–Trinajstić information content (AvgIpc) is 3.25. The first-order valence-electron chi connectivity index (χ1n) is 10.5. The number of aliphatic imine (C=N–C) groups is 1. The molecule has 1 aliphatic heterocycles. The standard InChI is InChI=1S/C22H26N6O6S/c1-12-3-2-4-16(9-12)35(32,33)28-20(21(30)31)19(23)18(29)11-15-10-17(27-34-15)13-5-7-14(8-6-13)26-22(24)25/h2-9,15,19-20,28H,10-11,23H2,1H3,(H,30,31)(H4,24,25,26)/t15-,19-,20?/m1/s1. The summed E-state index contributed by atoms with van der Waals surface area (Å²) in [4.78, 5) is 33.6. The van der Waals surface area contributed by atoms with Crippen molar-refractivity contribution in [1.29, 1.82) is 0 Å². The summed E-state index contributed by atoms with van der Waals surface area (Å²) in [6.07, 6.45) is -0.660. The molecule has 0 radical (unpaired) electrons. The molecule has 186 valence electrons. The molecule has 0 spiro atoms. The molecule has 13 heteroatoms. The molecular formula is C22H26N6O6S. The van der Waals surface area contributed by atoms with Crippen molar-refractivity contribution in [1.82, 2.24) is 4.72 Å². The van der Waals surface area contributed by atoms with Crippen LogP contribution in [0.3, 0.4) is 0 Å². The topological polar surface area (TPSA) is 213 Å². The second kappa shape index (κ2) is 10.6. The van der Waals surface area contributed by atoms with E-state index in [0.717, 1.165) is 5.56 Å². The van der Waals surface area contributed by atoms with Crippen LogP contribution in [0.1, 0.15) is 24.0 Å². The average molecular weight is 503 g/mol. The van der Waals surface area contributed by atoms with Crippen LogP contribution < -0.4 is 21.9 Å². The third-order valence-corrected chi connectivity index (χ3v) is 6.64. The second-order valence-electron chi connectivity index (χ2n) is 8.00. The number of aliphatic carboxylic acids is 1. The highest BCUT2D eigenvalue weighted by Crippen LogP contribution is 2.22. The third-order valence-electron chi connectivity index (χ3n) is 5.20. The van der Waals surface area contributed by atoms with Crippen LogP contribution in [0.4, 0.5) is 5.69 Å². The number of nitrogens with zero attached hydrogens (tertiary/aromatic N) is 2. The number of carboxylic acid groups (broad SMARTS) is 1. The van der Waals surface area contributed by atoms with Gasteiger partial charge in [0.1, 0.15) is 12.1 Å². The van der Waals surface area contributed by atoms with E-state index in [1.807, 2.05) is 4.72 Å². The number of benzene rings is 2. The van der Waals surface area contributed by atoms with Gasteiger partial charge < -0.3 is 27.1 Å². The molecule has 8 N–H and O–H groups in total. The molecular weight excluding hydrogens is 476 g/mol. The number of carboxylic acids is 1. The maximum atomic E-state index is 12.7. The molecule has 35 heavy (non-hydrogen) atoms. The lowest BCUT2D eigenvalue weighted by molar-refractivity contribution is -0.141. The zero-order valence-electron chi connectivity index (χ0n) is 18.8. The van der Waals surface area contributed by atoms with Crippen LogP contribution >= 0.6 is 0 Å². The molecule has 0 fully saturated rings. The van der Waals surface area contributed by atoms with Gasteiger partial charge in [0.15, 0.2) is 11.7 Å². The lowest BCUT2D eigenvalue weighted by Gasteiger charge is -2.21. The number of carbonyl (C=O) groups excluding carboxylic acids is 1. The van der Waals surface area contributed by atoms with Crippen molar-refractivity contribution in [3.63, 3.8) is 0 Å². The highest BCUT2D eigenvalue weighted by molar-refractivity contribution is 7.89. The molecule has 1 aliphatic rings. The SMILES string of the molecule is Cc1cccc(S(=O)(=O)NC(C(=O)O)[C@H](N)C(=O)C[C@H]2CC(c3ccc(N=C(N)N)cc3)=NO2)c1. The molecule has 3 atom stereocenters. The van der Waals surface area contributed by atoms with E-state index < -0.39 is 40.0 Å². The summed E-state index contributed by atoms with van der Waals surface area (Å²) in [5.74, 6) is -2.34. The number of carbonyl (C=O) groups is 2. The minimum absolute atomic E-state index is 0.0740. The molecule has 0 saturated carbocycles. The van der Waals surface area contributed by atoms with Crippen LogP contribution in [0.2, 0.25) is 0 Å². The van der Waals surface area contributed by atoms with Crippen LogP contribution in [-0.4, -0.2) is 55.1 Å². The van der Waals surface area contributed by atoms with E-state index in [0.29, 0.717) is 17.0 Å². The maximum absolute atomic E-state index is 12.7. The summed E-state index contributed by atoms with van der Waals surface area (Å²) in [5, 5.41) is 13.5. The molecule has 2 aromatic rings. The largest absolute Gasteiger partial charge is 0.480 e. The van der Waals surface area contributed by atoms with E-state index in [1.165, 1.54) is 18.2 Å². The Hall–Kier alpha value is -3.81.